The summed E-state index contributed by atoms with van der Waals surface area (Å²) in [6, 6.07) is 5.01. The second-order valence-electron chi connectivity index (χ2n) is 4.34. The van der Waals surface area contributed by atoms with Crippen molar-refractivity contribution < 1.29 is 4.39 Å². The van der Waals surface area contributed by atoms with E-state index in [0.717, 1.165) is 16.8 Å². The van der Waals surface area contributed by atoms with Gasteiger partial charge in [0.25, 0.3) is 0 Å². The van der Waals surface area contributed by atoms with E-state index >= 15 is 0 Å². The monoisotopic (exact) mass is 245 g/mol. The summed E-state index contributed by atoms with van der Waals surface area (Å²) in [5.74, 6) is -0.282. The van der Waals surface area contributed by atoms with Gasteiger partial charge >= 0.3 is 0 Å². The standard InChI is InChI=1S/C14H16FN3/c1-9-3-4-17-7-11(9)8-18-14-5-10(2)12(15)6-13(14)16/h3-7,18H,8,16H2,1-2H3. The lowest BCUT2D eigenvalue weighted by Gasteiger charge is -2.12. The summed E-state index contributed by atoms with van der Waals surface area (Å²) in [6.45, 7) is 4.36. The summed E-state index contributed by atoms with van der Waals surface area (Å²) in [4.78, 5) is 4.08. The number of hydrogen-bond acceptors (Lipinski definition) is 3. The van der Waals surface area contributed by atoms with Gasteiger partial charge in [-0.15, -0.1) is 0 Å². The molecule has 94 valence electrons. The van der Waals surface area contributed by atoms with Gasteiger partial charge in [0.05, 0.1) is 11.4 Å². The van der Waals surface area contributed by atoms with Crippen LogP contribution in [0.4, 0.5) is 15.8 Å². The molecule has 18 heavy (non-hydrogen) atoms. The number of rotatable bonds is 3. The predicted molar refractivity (Wildman–Crippen MR) is 71.9 cm³/mol. The number of aromatic nitrogens is 1. The van der Waals surface area contributed by atoms with Gasteiger partial charge in [-0.3, -0.25) is 4.98 Å². The fraction of sp³-hybridized carbons (Fsp3) is 0.214. The molecule has 0 saturated carbocycles. The molecule has 2 rings (SSSR count). The fourth-order valence-electron chi connectivity index (χ4n) is 1.72. The van der Waals surface area contributed by atoms with Crippen LogP contribution >= 0.6 is 0 Å². The van der Waals surface area contributed by atoms with Gasteiger partial charge in [-0.25, -0.2) is 4.39 Å². The molecule has 0 saturated heterocycles. The lowest BCUT2D eigenvalue weighted by molar-refractivity contribution is 0.619. The Morgan fingerprint density at radius 3 is 2.78 bits per heavy atom. The highest BCUT2D eigenvalue weighted by molar-refractivity contribution is 5.67. The topological polar surface area (TPSA) is 50.9 Å². The van der Waals surface area contributed by atoms with Crippen LogP contribution in [0.5, 0.6) is 0 Å². The van der Waals surface area contributed by atoms with E-state index in [1.54, 1.807) is 19.2 Å². The lowest BCUT2D eigenvalue weighted by atomic mass is 10.1. The summed E-state index contributed by atoms with van der Waals surface area (Å²) in [5.41, 5.74) is 9.77. The number of benzene rings is 1. The Balaban J connectivity index is 2.16. The van der Waals surface area contributed by atoms with E-state index in [1.165, 1.54) is 6.07 Å². The van der Waals surface area contributed by atoms with Crippen LogP contribution < -0.4 is 11.1 Å². The zero-order valence-corrected chi connectivity index (χ0v) is 10.5. The summed E-state index contributed by atoms with van der Waals surface area (Å²) in [6.07, 6.45) is 3.57. The molecule has 0 spiro atoms. The second kappa shape index (κ2) is 5.04. The Labute approximate surface area is 106 Å². The zero-order valence-electron chi connectivity index (χ0n) is 10.5. The quantitative estimate of drug-likeness (QED) is 0.817. The molecule has 3 nitrogen and oxygen atoms in total. The molecule has 0 fully saturated rings. The molecule has 3 N–H and O–H groups in total. The van der Waals surface area contributed by atoms with Crippen LogP contribution in [0, 0.1) is 19.7 Å². The third-order valence-corrected chi connectivity index (χ3v) is 2.95. The third kappa shape index (κ3) is 2.59. The van der Waals surface area contributed by atoms with Crippen molar-refractivity contribution >= 4 is 11.4 Å². The van der Waals surface area contributed by atoms with Gasteiger partial charge in [0.1, 0.15) is 5.82 Å². The molecule has 0 amide bonds. The first-order chi connectivity index (χ1) is 8.58. The molecule has 2 aromatic rings. The van der Waals surface area contributed by atoms with E-state index in [2.05, 4.69) is 10.3 Å². The number of nitrogens with zero attached hydrogens (tertiary/aromatic N) is 1. The molecule has 0 radical (unpaired) electrons. The number of pyridine rings is 1. The number of nitrogens with two attached hydrogens (primary N) is 1. The van der Waals surface area contributed by atoms with Crippen molar-refractivity contribution in [3.8, 4) is 0 Å². The van der Waals surface area contributed by atoms with Crippen LogP contribution in [-0.2, 0) is 6.54 Å². The van der Waals surface area contributed by atoms with Crippen LogP contribution in [-0.4, -0.2) is 4.98 Å². The maximum Gasteiger partial charge on any atom is 0.128 e. The minimum absolute atomic E-state index is 0.282. The highest BCUT2D eigenvalue weighted by atomic mass is 19.1. The van der Waals surface area contributed by atoms with Gasteiger partial charge in [-0.1, -0.05) is 0 Å². The van der Waals surface area contributed by atoms with Crippen molar-refractivity contribution in [1.82, 2.24) is 4.98 Å². The Kier molecular flexibility index (Phi) is 3.46. The molecular weight excluding hydrogens is 229 g/mol. The average Bonchev–Trinajstić information content (AvgIpc) is 2.34. The average molecular weight is 245 g/mol. The number of aryl methyl sites for hydroxylation is 2. The Morgan fingerprint density at radius 1 is 1.28 bits per heavy atom. The van der Waals surface area contributed by atoms with Gasteiger partial charge in [0, 0.05) is 18.9 Å². The van der Waals surface area contributed by atoms with Gasteiger partial charge < -0.3 is 11.1 Å². The summed E-state index contributed by atoms with van der Waals surface area (Å²) < 4.78 is 13.3. The second-order valence-corrected chi connectivity index (χ2v) is 4.34. The number of nitrogens with one attached hydrogen (secondary N) is 1. The molecule has 0 aliphatic carbocycles. The first kappa shape index (κ1) is 12.4. The normalized spacial score (nSPS) is 10.4. The molecule has 4 heteroatoms. The number of hydrogen-bond donors (Lipinski definition) is 2. The number of halogens is 1. The van der Waals surface area contributed by atoms with Crippen molar-refractivity contribution in [3.63, 3.8) is 0 Å². The summed E-state index contributed by atoms with van der Waals surface area (Å²) >= 11 is 0. The molecule has 0 unspecified atom stereocenters. The van der Waals surface area contributed by atoms with Crippen molar-refractivity contribution in [2.45, 2.75) is 20.4 Å². The molecule has 0 aliphatic rings. The SMILES string of the molecule is Cc1cc(NCc2cnccc2C)c(N)cc1F. The molecule has 0 bridgehead atoms. The van der Waals surface area contributed by atoms with E-state index in [0.29, 0.717) is 17.8 Å². The van der Waals surface area contributed by atoms with Crippen LogP contribution in [0.25, 0.3) is 0 Å². The maximum absolute atomic E-state index is 13.3. The molecular formula is C14H16FN3. The van der Waals surface area contributed by atoms with Crippen molar-refractivity contribution in [1.29, 1.82) is 0 Å². The minimum atomic E-state index is -0.282. The van der Waals surface area contributed by atoms with Crippen LogP contribution in [0.2, 0.25) is 0 Å². The largest absolute Gasteiger partial charge is 0.397 e. The van der Waals surface area contributed by atoms with Crippen LogP contribution in [0.15, 0.2) is 30.6 Å². The van der Waals surface area contributed by atoms with E-state index in [9.17, 15) is 4.39 Å². The fourth-order valence-corrected chi connectivity index (χ4v) is 1.72. The van der Waals surface area contributed by atoms with E-state index in [4.69, 9.17) is 5.73 Å². The van der Waals surface area contributed by atoms with E-state index in [1.807, 2.05) is 19.2 Å². The Bertz CT molecular complexity index is 567. The lowest BCUT2D eigenvalue weighted by Crippen LogP contribution is -2.05. The van der Waals surface area contributed by atoms with Crippen LogP contribution in [0.3, 0.4) is 0 Å². The predicted octanol–water partition coefficient (Wildman–Crippen LogP) is 3.03. The Hall–Kier alpha value is -2.10. The number of anilines is 2. The molecule has 1 aromatic heterocycles. The van der Waals surface area contributed by atoms with Crippen molar-refractivity contribution in [2.75, 3.05) is 11.1 Å². The molecule has 0 atom stereocenters. The van der Waals surface area contributed by atoms with Crippen molar-refractivity contribution in [2.24, 2.45) is 0 Å². The minimum Gasteiger partial charge on any atom is -0.397 e. The van der Waals surface area contributed by atoms with Gasteiger partial charge in [0.2, 0.25) is 0 Å². The summed E-state index contributed by atoms with van der Waals surface area (Å²) in [7, 11) is 0. The van der Waals surface area contributed by atoms with Crippen molar-refractivity contribution in [3.05, 3.63) is 53.1 Å². The zero-order chi connectivity index (χ0) is 13.1. The maximum atomic E-state index is 13.3. The van der Waals surface area contributed by atoms with Gasteiger partial charge in [-0.2, -0.15) is 0 Å². The highest BCUT2D eigenvalue weighted by Gasteiger charge is 2.05. The summed E-state index contributed by atoms with van der Waals surface area (Å²) in [5, 5.41) is 3.21. The highest BCUT2D eigenvalue weighted by Crippen LogP contribution is 2.23. The van der Waals surface area contributed by atoms with Crippen LogP contribution in [0.1, 0.15) is 16.7 Å². The molecule has 0 aliphatic heterocycles. The molecule has 1 aromatic carbocycles. The molecule has 1 heterocycles. The smallest absolute Gasteiger partial charge is 0.128 e. The first-order valence-electron chi connectivity index (χ1n) is 5.77. The van der Waals surface area contributed by atoms with E-state index < -0.39 is 0 Å². The first-order valence-corrected chi connectivity index (χ1v) is 5.77. The van der Waals surface area contributed by atoms with E-state index in [-0.39, 0.29) is 5.82 Å². The van der Waals surface area contributed by atoms with Gasteiger partial charge in [-0.05, 0) is 48.7 Å². The third-order valence-electron chi connectivity index (χ3n) is 2.95. The number of nitrogen functional groups attached to an aromatic ring is 1. The Morgan fingerprint density at radius 2 is 2.06 bits per heavy atom. The van der Waals surface area contributed by atoms with Gasteiger partial charge in [0.15, 0.2) is 0 Å².